The van der Waals surface area contributed by atoms with Crippen molar-refractivity contribution in [1.29, 1.82) is 0 Å². The minimum atomic E-state index is -0.214. The molecule has 0 aliphatic heterocycles. The van der Waals surface area contributed by atoms with E-state index in [1.54, 1.807) is 12.1 Å². The average Bonchev–Trinajstić information content (AvgIpc) is 2.51. The number of hydrogen-bond acceptors (Lipinski definition) is 2. The van der Waals surface area contributed by atoms with Crippen molar-refractivity contribution in [2.45, 2.75) is 13.0 Å². The van der Waals surface area contributed by atoms with Crippen LogP contribution in [0.5, 0.6) is 0 Å². The van der Waals surface area contributed by atoms with Crippen LogP contribution in [0.15, 0.2) is 60.7 Å². The van der Waals surface area contributed by atoms with Gasteiger partial charge in [-0.15, -0.1) is 0 Å². The zero-order valence-corrected chi connectivity index (χ0v) is 11.8. The molecule has 21 heavy (non-hydrogen) atoms. The van der Waals surface area contributed by atoms with Gasteiger partial charge in [-0.3, -0.25) is 5.84 Å². The number of hydrogen-bond donors (Lipinski definition) is 2. The van der Waals surface area contributed by atoms with Gasteiger partial charge < -0.3 is 0 Å². The molecule has 0 aliphatic rings. The lowest BCUT2D eigenvalue weighted by atomic mass is 9.93. The van der Waals surface area contributed by atoms with Crippen LogP contribution in [-0.4, -0.2) is 0 Å². The Kier molecular flexibility index (Phi) is 3.69. The maximum Gasteiger partial charge on any atom is 0.131 e. The Bertz CT molecular complexity index is 783. The number of benzene rings is 3. The Morgan fingerprint density at radius 1 is 0.952 bits per heavy atom. The van der Waals surface area contributed by atoms with Gasteiger partial charge in [0.05, 0.1) is 6.04 Å². The van der Waals surface area contributed by atoms with Gasteiger partial charge in [0.1, 0.15) is 5.82 Å². The van der Waals surface area contributed by atoms with Crippen LogP contribution >= 0.6 is 0 Å². The Morgan fingerprint density at radius 3 is 2.43 bits per heavy atom. The van der Waals surface area contributed by atoms with Crippen LogP contribution in [0.25, 0.3) is 10.8 Å². The third kappa shape index (κ3) is 2.53. The number of hydrazine groups is 1. The van der Waals surface area contributed by atoms with Crippen molar-refractivity contribution >= 4 is 10.8 Å². The van der Waals surface area contributed by atoms with E-state index in [9.17, 15) is 4.39 Å². The lowest BCUT2D eigenvalue weighted by Crippen LogP contribution is -2.29. The second kappa shape index (κ2) is 5.64. The van der Waals surface area contributed by atoms with E-state index in [-0.39, 0.29) is 11.9 Å². The van der Waals surface area contributed by atoms with Gasteiger partial charge in [-0.2, -0.15) is 0 Å². The van der Waals surface area contributed by atoms with Crippen molar-refractivity contribution in [1.82, 2.24) is 5.43 Å². The molecule has 0 aromatic heterocycles. The van der Waals surface area contributed by atoms with E-state index in [1.165, 1.54) is 11.6 Å². The van der Waals surface area contributed by atoms with Gasteiger partial charge in [-0.05, 0) is 29.5 Å². The zero-order valence-electron chi connectivity index (χ0n) is 11.8. The molecule has 1 unspecified atom stereocenters. The molecule has 0 radical (unpaired) electrons. The minimum absolute atomic E-state index is 0.171. The Morgan fingerprint density at radius 2 is 1.71 bits per heavy atom. The molecule has 0 aliphatic carbocycles. The highest BCUT2D eigenvalue weighted by molar-refractivity contribution is 5.87. The fourth-order valence-electron chi connectivity index (χ4n) is 2.75. The van der Waals surface area contributed by atoms with Gasteiger partial charge in [0.15, 0.2) is 0 Å². The van der Waals surface area contributed by atoms with Gasteiger partial charge in [0.25, 0.3) is 0 Å². The van der Waals surface area contributed by atoms with Crippen LogP contribution in [-0.2, 0) is 0 Å². The maximum atomic E-state index is 13.9. The normalized spacial score (nSPS) is 12.5. The summed E-state index contributed by atoms with van der Waals surface area (Å²) in [5.74, 6) is 5.56. The van der Waals surface area contributed by atoms with Crippen molar-refractivity contribution < 1.29 is 4.39 Å². The first-order valence-electron chi connectivity index (χ1n) is 6.90. The van der Waals surface area contributed by atoms with E-state index < -0.39 is 0 Å². The van der Waals surface area contributed by atoms with Gasteiger partial charge in [0, 0.05) is 5.39 Å². The second-order valence-corrected chi connectivity index (χ2v) is 5.20. The summed E-state index contributed by atoms with van der Waals surface area (Å²) in [6.45, 7) is 2.04. The van der Waals surface area contributed by atoms with Crippen LogP contribution in [0, 0.1) is 12.7 Å². The van der Waals surface area contributed by atoms with Crippen LogP contribution < -0.4 is 11.3 Å². The third-order valence-electron chi connectivity index (χ3n) is 3.76. The van der Waals surface area contributed by atoms with Crippen molar-refractivity contribution in [3.8, 4) is 0 Å². The lowest BCUT2D eigenvalue weighted by molar-refractivity contribution is 0.627. The molecule has 3 aromatic carbocycles. The van der Waals surface area contributed by atoms with E-state index in [0.29, 0.717) is 5.39 Å². The Balaban J connectivity index is 2.20. The van der Waals surface area contributed by atoms with Crippen LogP contribution in [0.3, 0.4) is 0 Å². The average molecular weight is 280 g/mol. The first kappa shape index (κ1) is 13.7. The van der Waals surface area contributed by atoms with Gasteiger partial charge in [0.2, 0.25) is 0 Å². The SMILES string of the molecule is Cc1cccc(C(NN)c2ccc(F)c3ccccc23)c1. The summed E-state index contributed by atoms with van der Waals surface area (Å²) in [6, 6.07) is 18.7. The smallest absolute Gasteiger partial charge is 0.131 e. The molecule has 0 saturated heterocycles. The molecule has 0 bridgehead atoms. The van der Waals surface area contributed by atoms with Crippen LogP contribution in [0.1, 0.15) is 22.7 Å². The van der Waals surface area contributed by atoms with Crippen molar-refractivity contribution in [2.75, 3.05) is 0 Å². The predicted molar refractivity (Wildman–Crippen MR) is 84.3 cm³/mol. The molecule has 3 aromatic rings. The lowest BCUT2D eigenvalue weighted by Gasteiger charge is -2.19. The summed E-state index contributed by atoms with van der Waals surface area (Å²) < 4.78 is 13.9. The molecule has 0 heterocycles. The molecule has 0 saturated carbocycles. The summed E-state index contributed by atoms with van der Waals surface area (Å²) in [5, 5.41) is 1.49. The zero-order chi connectivity index (χ0) is 14.8. The van der Waals surface area contributed by atoms with Crippen molar-refractivity contribution in [2.24, 2.45) is 5.84 Å². The Hall–Kier alpha value is -2.23. The summed E-state index contributed by atoms with van der Waals surface area (Å²) >= 11 is 0. The minimum Gasteiger partial charge on any atom is -0.271 e. The number of nitrogens with one attached hydrogen (secondary N) is 1. The molecule has 106 valence electrons. The highest BCUT2D eigenvalue weighted by Gasteiger charge is 2.16. The van der Waals surface area contributed by atoms with E-state index in [2.05, 4.69) is 11.5 Å². The monoisotopic (exact) mass is 280 g/mol. The molecular weight excluding hydrogens is 263 g/mol. The number of nitrogens with two attached hydrogens (primary N) is 1. The standard InChI is InChI=1S/C18H17FN2/c1-12-5-4-6-13(11-12)18(21-20)16-9-10-17(19)15-8-3-2-7-14(15)16/h2-11,18,21H,20H2,1H3. The third-order valence-corrected chi connectivity index (χ3v) is 3.76. The Labute approximate surface area is 123 Å². The molecule has 0 spiro atoms. The summed E-state index contributed by atoms with van der Waals surface area (Å²) in [4.78, 5) is 0. The highest BCUT2D eigenvalue weighted by atomic mass is 19.1. The van der Waals surface area contributed by atoms with Gasteiger partial charge in [-0.25, -0.2) is 9.82 Å². The molecule has 3 N–H and O–H groups in total. The fourth-order valence-corrected chi connectivity index (χ4v) is 2.75. The first-order chi connectivity index (χ1) is 10.2. The largest absolute Gasteiger partial charge is 0.271 e. The van der Waals surface area contributed by atoms with E-state index in [4.69, 9.17) is 5.84 Å². The molecular formula is C18H17FN2. The van der Waals surface area contributed by atoms with Crippen LogP contribution in [0.4, 0.5) is 4.39 Å². The van der Waals surface area contributed by atoms with E-state index >= 15 is 0 Å². The van der Waals surface area contributed by atoms with Gasteiger partial charge >= 0.3 is 0 Å². The molecule has 1 atom stereocenters. The van der Waals surface area contributed by atoms with E-state index in [0.717, 1.165) is 16.5 Å². The van der Waals surface area contributed by atoms with Crippen LogP contribution in [0.2, 0.25) is 0 Å². The molecule has 0 fully saturated rings. The maximum absolute atomic E-state index is 13.9. The number of rotatable bonds is 3. The van der Waals surface area contributed by atoms with E-state index in [1.807, 2.05) is 43.3 Å². The van der Waals surface area contributed by atoms with Crippen molar-refractivity contribution in [3.63, 3.8) is 0 Å². The number of fused-ring (bicyclic) bond motifs is 1. The predicted octanol–water partition coefficient (Wildman–Crippen LogP) is 3.84. The number of halogens is 1. The molecule has 0 amide bonds. The first-order valence-corrected chi connectivity index (χ1v) is 6.90. The molecule has 3 heteroatoms. The summed E-state index contributed by atoms with van der Waals surface area (Å²) in [5.41, 5.74) is 6.05. The fraction of sp³-hybridized carbons (Fsp3) is 0.111. The number of aryl methyl sites for hydroxylation is 1. The van der Waals surface area contributed by atoms with Crippen molar-refractivity contribution in [3.05, 3.63) is 83.2 Å². The van der Waals surface area contributed by atoms with Gasteiger partial charge in [-0.1, -0.05) is 60.2 Å². The highest BCUT2D eigenvalue weighted by Crippen LogP contribution is 2.30. The topological polar surface area (TPSA) is 38.0 Å². The quantitative estimate of drug-likeness (QED) is 0.565. The summed E-state index contributed by atoms with van der Waals surface area (Å²) in [7, 11) is 0. The summed E-state index contributed by atoms with van der Waals surface area (Å²) in [6.07, 6.45) is 0. The molecule has 3 rings (SSSR count). The second-order valence-electron chi connectivity index (χ2n) is 5.20. The molecule has 2 nitrogen and oxygen atoms in total.